The van der Waals surface area contributed by atoms with Crippen molar-refractivity contribution in [1.29, 1.82) is 0 Å². The lowest BCUT2D eigenvalue weighted by Gasteiger charge is -2.42. The highest BCUT2D eigenvalue weighted by Crippen LogP contribution is 2.37. The van der Waals surface area contributed by atoms with Crippen LogP contribution in [-0.2, 0) is 9.16 Å². The first kappa shape index (κ1) is 20.5. The first-order chi connectivity index (χ1) is 10.2. The second kappa shape index (κ2) is 7.11. The number of hydrogen-bond acceptors (Lipinski definition) is 4. The zero-order valence-electron chi connectivity index (χ0n) is 16.1. The van der Waals surface area contributed by atoms with Gasteiger partial charge in [0.15, 0.2) is 8.32 Å². The zero-order valence-corrected chi connectivity index (χ0v) is 17.1. The summed E-state index contributed by atoms with van der Waals surface area (Å²) in [6.07, 6.45) is 0.457. The lowest BCUT2D eigenvalue weighted by Crippen LogP contribution is -2.53. The summed E-state index contributed by atoms with van der Waals surface area (Å²) in [6.45, 7) is 17.6. The highest BCUT2D eigenvalue weighted by atomic mass is 28.4. The molecule has 1 rings (SSSR count). The van der Waals surface area contributed by atoms with Gasteiger partial charge in [0.1, 0.15) is 5.60 Å². The van der Waals surface area contributed by atoms with Crippen LogP contribution in [0.25, 0.3) is 0 Å². The van der Waals surface area contributed by atoms with E-state index in [2.05, 4.69) is 33.9 Å². The van der Waals surface area contributed by atoms with Gasteiger partial charge in [0.05, 0.1) is 18.8 Å². The molecular weight excluding hydrogens is 310 g/mol. The van der Waals surface area contributed by atoms with Gasteiger partial charge in [-0.25, -0.2) is 4.79 Å². The molecule has 0 bridgehead atoms. The van der Waals surface area contributed by atoms with Gasteiger partial charge < -0.3 is 19.2 Å². The summed E-state index contributed by atoms with van der Waals surface area (Å²) in [7, 11) is -1.88. The topological polar surface area (TPSA) is 59.0 Å². The van der Waals surface area contributed by atoms with E-state index in [0.29, 0.717) is 26.0 Å². The average molecular weight is 346 g/mol. The number of carbonyl (C=O) groups excluding carboxylic acids is 1. The summed E-state index contributed by atoms with van der Waals surface area (Å²) in [5.74, 6) is 0. The van der Waals surface area contributed by atoms with Crippen LogP contribution < -0.4 is 0 Å². The summed E-state index contributed by atoms with van der Waals surface area (Å²) in [4.78, 5) is 14.2. The Kier molecular flexibility index (Phi) is 6.32. The summed E-state index contributed by atoms with van der Waals surface area (Å²) < 4.78 is 11.8. The summed E-state index contributed by atoms with van der Waals surface area (Å²) in [5, 5.41) is 10.1. The van der Waals surface area contributed by atoms with Crippen LogP contribution in [0, 0.1) is 0 Å². The van der Waals surface area contributed by atoms with E-state index in [0.717, 1.165) is 0 Å². The third kappa shape index (κ3) is 6.08. The summed E-state index contributed by atoms with van der Waals surface area (Å²) in [5.41, 5.74) is -0.516. The lowest BCUT2D eigenvalue weighted by atomic mass is 10.0. The number of likely N-dealkylation sites (tertiary alicyclic amines) is 1. The van der Waals surface area contributed by atoms with Crippen molar-refractivity contribution in [3.63, 3.8) is 0 Å². The van der Waals surface area contributed by atoms with Gasteiger partial charge in [0.2, 0.25) is 0 Å². The predicted molar refractivity (Wildman–Crippen MR) is 95.1 cm³/mol. The standard InChI is InChI=1S/C17H35NO4Si/c1-16(2,3)22-15(20)18-10-9-14(19)11-13(18)12-21-23(7,8)17(4,5)6/h13-14,19H,9-12H2,1-8H3/t13-,14+/m1/s1. The Hall–Kier alpha value is -0.593. The van der Waals surface area contributed by atoms with Crippen molar-refractivity contribution >= 4 is 14.4 Å². The molecule has 0 unspecified atom stereocenters. The maximum absolute atomic E-state index is 12.4. The minimum absolute atomic E-state index is 0.122. The molecule has 1 aliphatic heterocycles. The summed E-state index contributed by atoms with van der Waals surface area (Å²) >= 11 is 0. The predicted octanol–water partition coefficient (Wildman–Crippen LogP) is 3.77. The van der Waals surface area contributed by atoms with E-state index < -0.39 is 13.9 Å². The van der Waals surface area contributed by atoms with Crippen molar-refractivity contribution in [3.8, 4) is 0 Å². The van der Waals surface area contributed by atoms with Gasteiger partial charge in [-0.05, 0) is 51.7 Å². The quantitative estimate of drug-likeness (QED) is 0.791. The van der Waals surface area contributed by atoms with Crippen LogP contribution in [0.2, 0.25) is 18.1 Å². The number of rotatable bonds is 3. The second-order valence-electron chi connectivity index (χ2n) is 9.08. The van der Waals surface area contributed by atoms with Gasteiger partial charge in [-0.3, -0.25) is 0 Å². The fourth-order valence-corrected chi connectivity index (χ4v) is 3.31. The molecule has 0 aromatic carbocycles. The zero-order chi connectivity index (χ0) is 18.1. The highest BCUT2D eigenvalue weighted by molar-refractivity contribution is 6.74. The van der Waals surface area contributed by atoms with Crippen molar-refractivity contribution in [2.75, 3.05) is 13.2 Å². The average Bonchev–Trinajstić information content (AvgIpc) is 2.32. The van der Waals surface area contributed by atoms with Gasteiger partial charge in [0, 0.05) is 6.54 Å². The molecule has 0 radical (unpaired) electrons. The number of piperidine rings is 1. The molecule has 1 saturated heterocycles. The number of hydrogen-bond donors (Lipinski definition) is 1. The minimum atomic E-state index is -1.88. The number of nitrogens with zero attached hydrogens (tertiary/aromatic N) is 1. The lowest BCUT2D eigenvalue weighted by molar-refractivity contribution is -0.0172. The number of ether oxygens (including phenoxy) is 1. The molecule has 1 aliphatic rings. The Morgan fingerprint density at radius 3 is 2.26 bits per heavy atom. The molecule has 1 fully saturated rings. The fourth-order valence-electron chi connectivity index (χ4n) is 2.27. The highest BCUT2D eigenvalue weighted by Gasteiger charge is 2.40. The van der Waals surface area contributed by atoms with Crippen molar-refractivity contribution in [3.05, 3.63) is 0 Å². The maximum Gasteiger partial charge on any atom is 0.410 e. The van der Waals surface area contributed by atoms with Crippen LogP contribution in [-0.4, -0.2) is 55.3 Å². The Labute approximate surface area is 142 Å². The van der Waals surface area contributed by atoms with Crippen LogP contribution in [0.4, 0.5) is 4.79 Å². The molecule has 2 atom stereocenters. The van der Waals surface area contributed by atoms with E-state index in [-0.39, 0.29) is 23.3 Å². The van der Waals surface area contributed by atoms with Crippen LogP contribution in [0.15, 0.2) is 0 Å². The van der Waals surface area contributed by atoms with E-state index >= 15 is 0 Å². The fraction of sp³-hybridized carbons (Fsp3) is 0.941. The Morgan fingerprint density at radius 2 is 1.78 bits per heavy atom. The molecule has 0 spiro atoms. The smallest absolute Gasteiger partial charge is 0.410 e. The van der Waals surface area contributed by atoms with Crippen LogP contribution >= 0.6 is 0 Å². The number of carbonyl (C=O) groups is 1. The van der Waals surface area contributed by atoms with E-state index in [1.165, 1.54) is 0 Å². The Morgan fingerprint density at radius 1 is 1.22 bits per heavy atom. The molecule has 0 saturated carbocycles. The van der Waals surface area contributed by atoms with Crippen molar-refractivity contribution in [2.24, 2.45) is 0 Å². The van der Waals surface area contributed by atoms with Crippen LogP contribution in [0.1, 0.15) is 54.4 Å². The van der Waals surface area contributed by atoms with Crippen LogP contribution in [0.3, 0.4) is 0 Å². The molecule has 0 aliphatic carbocycles. The Bertz CT molecular complexity index is 412. The number of aliphatic hydroxyl groups is 1. The van der Waals surface area contributed by atoms with E-state index in [4.69, 9.17) is 9.16 Å². The molecule has 5 nitrogen and oxygen atoms in total. The number of amides is 1. The molecular formula is C17H35NO4Si. The monoisotopic (exact) mass is 345 g/mol. The summed E-state index contributed by atoms with van der Waals surface area (Å²) in [6, 6.07) is -0.122. The van der Waals surface area contributed by atoms with Crippen molar-refractivity contribution < 1.29 is 19.1 Å². The van der Waals surface area contributed by atoms with Gasteiger partial charge in [-0.2, -0.15) is 0 Å². The van der Waals surface area contributed by atoms with Gasteiger partial charge in [-0.15, -0.1) is 0 Å². The molecule has 0 aromatic heterocycles. The third-order valence-corrected chi connectivity index (χ3v) is 9.26. The van der Waals surface area contributed by atoms with Crippen molar-refractivity contribution in [1.82, 2.24) is 4.90 Å². The largest absolute Gasteiger partial charge is 0.444 e. The molecule has 1 amide bonds. The van der Waals surface area contributed by atoms with Gasteiger partial charge in [-0.1, -0.05) is 20.8 Å². The van der Waals surface area contributed by atoms with Crippen LogP contribution in [0.5, 0.6) is 0 Å². The van der Waals surface area contributed by atoms with Crippen molar-refractivity contribution in [2.45, 2.75) is 90.3 Å². The third-order valence-electron chi connectivity index (χ3n) is 4.76. The van der Waals surface area contributed by atoms with Gasteiger partial charge in [0.25, 0.3) is 0 Å². The first-order valence-corrected chi connectivity index (χ1v) is 11.5. The van der Waals surface area contributed by atoms with E-state index in [1.54, 1.807) is 4.90 Å². The number of aliphatic hydroxyl groups excluding tert-OH is 1. The molecule has 136 valence electrons. The van der Waals surface area contributed by atoms with Gasteiger partial charge >= 0.3 is 6.09 Å². The maximum atomic E-state index is 12.4. The SMILES string of the molecule is CC(C)(C)OC(=O)N1CC[C@H](O)C[C@@H]1CO[Si](C)(C)C(C)(C)C. The normalized spacial score (nSPS) is 23.8. The second-order valence-corrected chi connectivity index (χ2v) is 13.9. The minimum Gasteiger partial charge on any atom is -0.444 e. The molecule has 1 N–H and O–H groups in total. The molecule has 23 heavy (non-hydrogen) atoms. The molecule has 6 heteroatoms. The Balaban J connectivity index is 2.76. The van der Waals surface area contributed by atoms with E-state index in [1.807, 2.05) is 20.8 Å². The van der Waals surface area contributed by atoms with E-state index in [9.17, 15) is 9.90 Å². The molecule has 0 aromatic rings. The molecule has 1 heterocycles. The first-order valence-electron chi connectivity index (χ1n) is 8.54.